The molecule has 0 unspecified atom stereocenters. The molecule has 5 heteroatoms. The quantitative estimate of drug-likeness (QED) is 0.741. The van der Waals surface area contributed by atoms with Crippen molar-refractivity contribution in [2.75, 3.05) is 23.3 Å². The minimum atomic E-state index is -0.0608. The van der Waals surface area contributed by atoms with E-state index in [4.69, 9.17) is 0 Å². The Balaban J connectivity index is 1.42. The maximum atomic E-state index is 12.6. The molecule has 0 aliphatic carbocycles. The number of para-hydroxylation sites is 1. The molecule has 1 atom stereocenters. The van der Waals surface area contributed by atoms with E-state index in [1.165, 1.54) is 5.56 Å². The normalized spacial score (nSPS) is 16.6. The summed E-state index contributed by atoms with van der Waals surface area (Å²) in [6.45, 7) is 3.59. The molecule has 5 nitrogen and oxygen atoms in total. The second-order valence-electron chi connectivity index (χ2n) is 7.28. The third-order valence-electron chi connectivity index (χ3n) is 5.14. The van der Waals surface area contributed by atoms with Gasteiger partial charge in [0.25, 0.3) is 0 Å². The number of rotatable bonds is 4. The number of aryl methyl sites for hydroxylation is 1. The molecule has 2 aromatic carbocycles. The van der Waals surface area contributed by atoms with Gasteiger partial charge in [0.05, 0.1) is 5.92 Å². The van der Waals surface area contributed by atoms with Gasteiger partial charge in [-0.3, -0.25) is 4.79 Å². The molecule has 1 N–H and O–H groups in total. The molecule has 1 saturated heterocycles. The monoisotopic (exact) mass is 372 g/mol. The molecule has 28 heavy (non-hydrogen) atoms. The third-order valence-corrected chi connectivity index (χ3v) is 5.14. The number of nitrogens with one attached hydrogen (secondary N) is 1. The molecule has 1 fully saturated rings. The number of anilines is 2. The highest BCUT2D eigenvalue weighted by Gasteiger charge is 2.27. The minimum absolute atomic E-state index is 0.0608. The first kappa shape index (κ1) is 18.2. The highest BCUT2D eigenvalue weighted by atomic mass is 16.1. The van der Waals surface area contributed by atoms with Crippen LogP contribution in [-0.2, 0) is 4.79 Å². The number of carbonyl (C=O) groups is 1. The molecule has 0 saturated carbocycles. The Kier molecular flexibility index (Phi) is 5.33. The lowest BCUT2D eigenvalue weighted by Crippen LogP contribution is -2.41. The Bertz CT molecular complexity index is 923. The summed E-state index contributed by atoms with van der Waals surface area (Å²) in [4.78, 5) is 23.9. The predicted molar refractivity (Wildman–Crippen MR) is 112 cm³/mol. The van der Waals surface area contributed by atoms with Crippen LogP contribution in [0.2, 0.25) is 0 Å². The van der Waals surface area contributed by atoms with Crippen LogP contribution in [0.15, 0.2) is 67.0 Å². The van der Waals surface area contributed by atoms with Crippen molar-refractivity contribution in [3.05, 3.63) is 72.6 Å². The van der Waals surface area contributed by atoms with Gasteiger partial charge < -0.3 is 10.2 Å². The van der Waals surface area contributed by atoms with Crippen LogP contribution in [0.3, 0.4) is 0 Å². The van der Waals surface area contributed by atoms with Crippen molar-refractivity contribution >= 4 is 17.5 Å². The maximum Gasteiger partial charge on any atom is 0.229 e. The van der Waals surface area contributed by atoms with Gasteiger partial charge in [-0.15, -0.1) is 0 Å². The zero-order chi connectivity index (χ0) is 19.3. The highest BCUT2D eigenvalue weighted by molar-refractivity contribution is 5.93. The van der Waals surface area contributed by atoms with Crippen molar-refractivity contribution in [2.24, 2.45) is 5.92 Å². The number of hydrogen-bond donors (Lipinski definition) is 1. The van der Waals surface area contributed by atoms with Crippen molar-refractivity contribution in [3.8, 4) is 11.1 Å². The lowest BCUT2D eigenvalue weighted by molar-refractivity contribution is -0.120. The summed E-state index contributed by atoms with van der Waals surface area (Å²) in [5, 5.41) is 3.01. The summed E-state index contributed by atoms with van der Waals surface area (Å²) >= 11 is 0. The lowest BCUT2D eigenvalue weighted by atomic mass is 9.97. The van der Waals surface area contributed by atoms with Crippen LogP contribution in [0, 0.1) is 12.8 Å². The number of hydrogen-bond acceptors (Lipinski definition) is 4. The molecule has 0 bridgehead atoms. The van der Waals surface area contributed by atoms with E-state index in [9.17, 15) is 4.79 Å². The van der Waals surface area contributed by atoms with Crippen LogP contribution in [-0.4, -0.2) is 29.0 Å². The van der Waals surface area contributed by atoms with Gasteiger partial charge in [-0.1, -0.05) is 48.0 Å². The summed E-state index contributed by atoms with van der Waals surface area (Å²) < 4.78 is 0. The summed E-state index contributed by atoms with van der Waals surface area (Å²) in [5.41, 5.74) is 4.17. The fourth-order valence-corrected chi connectivity index (χ4v) is 3.52. The Morgan fingerprint density at radius 1 is 1.00 bits per heavy atom. The highest BCUT2D eigenvalue weighted by Crippen LogP contribution is 2.24. The molecular weight excluding hydrogens is 348 g/mol. The summed E-state index contributed by atoms with van der Waals surface area (Å²) in [5.74, 6) is 0.689. The van der Waals surface area contributed by atoms with Crippen LogP contribution in [0.4, 0.5) is 11.6 Å². The smallest absolute Gasteiger partial charge is 0.229 e. The largest absolute Gasteiger partial charge is 0.340 e. The van der Waals surface area contributed by atoms with Crippen LogP contribution < -0.4 is 10.2 Å². The number of carbonyl (C=O) groups excluding carboxylic acids is 1. The molecule has 142 valence electrons. The van der Waals surface area contributed by atoms with E-state index in [1.54, 1.807) is 0 Å². The number of nitrogens with zero attached hydrogens (tertiary/aromatic N) is 3. The van der Waals surface area contributed by atoms with E-state index in [-0.39, 0.29) is 11.8 Å². The molecule has 1 amide bonds. The lowest BCUT2D eigenvalue weighted by Gasteiger charge is -2.32. The zero-order valence-electron chi connectivity index (χ0n) is 16.0. The van der Waals surface area contributed by atoms with E-state index in [0.717, 1.165) is 36.2 Å². The van der Waals surface area contributed by atoms with Gasteiger partial charge in [-0.2, -0.15) is 0 Å². The predicted octanol–water partition coefficient (Wildman–Crippen LogP) is 4.31. The fourth-order valence-electron chi connectivity index (χ4n) is 3.52. The fraction of sp³-hybridized carbons (Fsp3) is 0.261. The second-order valence-corrected chi connectivity index (χ2v) is 7.28. The molecule has 4 rings (SSSR count). The van der Waals surface area contributed by atoms with Crippen LogP contribution in [0.5, 0.6) is 0 Å². The van der Waals surface area contributed by atoms with Gasteiger partial charge in [-0.25, -0.2) is 9.97 Å². The van der Waals surface area contributed by atoms with Gasteiger partial charge in [0, 0.05) is 36.7 Å². The Hall–Kier alpha value is -3.21. The number of amides is 1. The van der Waals surface area contributed by atoms with Gasteiger partial charge >= 0.3 is 0 Å². The third kappa shape index (κ3) is 4.19. The molecule has 3 aromatic rings. The van der Waals surface area contributed by atoms with E-state index in [2.05, 4.69) is 51.4 Å². The summed E-state index contributed by atoms with van der Waals surface area (Å²) in [7, 11) is 0. The molecule has 0 radical (unpaired) electrons. The molecule has 1 aromatic heterocycles. The molecular formula is C23H24N4O. The van der Waals surface area contributed by atoms with Crippen LogP contribution >= 0.6 is 0 Å². The average molecular weight is 372 g/mol. The Morgan fingerprint density at radius 2 is 1.71 bits per heavy atom. The first-order valence-electron chi connectivity index (χ1n) is 9.69. The topological polar surface area (TPSA) is 58.1 Å². The maximum absolute atomic E-state index is 12.6. The molecule has 0 spiro atoms. The van der Waals surface area contributed by atoms with Gasteiger partial charge in [0.15, 0.2) is 0 Å². The Morgan fingerprint density at radius 3 is 2.43 bits per heavy atom. The van der Waals surface area contributed by atoms with Gasteiger partial charge in [0.2, 0.25) is 11.9 Å². The van der Waals surface area contributed by atoms with Crippen LogP contribution in [0.25, 0.3) is 11.1 Å². The number of piperidine rings is 1. The molecule has 2 heterocycles. The van der Waals surface area contributed by atoms with Crippen molar-refractivity contribution in [2.45, 2.75) is 19.8 Å². The zero-order valence-corrected chi connectivity index (χ0v) is 16.0. The van der Waals surface area contributed by atoms with E-state index in [1.807, 2.05) is 42.7 Å². The van der Waals surface area contributed by atoms with Crippen molar-refractivity contribution in [1.82, 2.24) is 9.97 Å². The van der Waals surface area contributed by atoms with E-state index >= 15 is 0 Å². The molecule has 1 aliphatic heterocycles. The van der Waals surface area contributed by atoms with E-state index < -0.39 is 0 Å². The Labute approximate surface area is 165 Å². The van der Waals surface area contributed by atoms with Crippen molar-refractivity contribution < 1.29 is 4.79 Å². The standard InChI is InChI=1S/C23H24N4O/c1-17-9-11-18(12-10-17)20-14-24-23(25-15-20)27-13-5-6-19(16-27)22(28)26-21-7-3-2-4-8-21/h2-4,7-12,14-15,19H,5-6,13,16H2,1H3,(H,26,28)/t19-/m1/s1. The minimum Gasteiger partial charge on any atom is -0.340 e. The van der Waals surface area contributed by atoms with Crippen molar-refractivity contribution in [3.63, 3.8) is 0 Å². The average Bonchev–Trinajstić information content (AvgIpc) is 2.75. The van der Waals surface area contributed by atoms with E-state index in [0.29, 0.717) is 12.5 Å². The first-order valence-corrected chi connectivity index (χ1v) is 9.69. The summed E-state index contributed by atoms with van der Waals surface area (Å²) in [6, 6.07) is 17.9. The van der Waals surface area contributed by atoms with Crippen LogP contribution in [0.1, 0.15) is 18.4 Å². The second kappa shape index (κ2) is 8.21. The number of benzene rings is 2. The first-order chi connectivity index (χ1) is 13.7. The SMILES string of the molecule is Cc1ccc(-c2cnc(N3CCC[C@@H](C(=O)Nc4ccccc4)C3)nc2)cc1. The summed E-state index contributed by atoms with van der Waals surface area (Å²) in [6.07, 6.45) is 5.56. The van der Waals surface area contributed by atoms with Gasteiger partial charge in [0.1, 0.15) is 0 Å². The van der Waals surface area contributed by atoms with Gasteiger partial charge in [-0.05, 0) is 37.5 Å². The molecule has 1 aliphatic rings. The van der Waals surface area contributed by atoms with Crippen molar-refractivity contribution in [1.29, 1.82) is 0 Å². The number of aromatic nitrogens is 2.